The molecule has 2 rings (SSSR count). The van der Waals surface area contributed by atoms with E-state index in [1.54, 1.807) is 18.2 Å². The molecule has 0 radical (unpaired) electrons. The number of hydrogen-bond acceptors (Lipinski definition) is 4. The van der Waals surface area contributed by atoms with Gasteiger partial charge in [0.25, 0.3) is 5.91 Å². The summed E-state index contributed by atoms with van der Waals surface area (Å²) in [5, 5.41) is 12.4. The molecule has 0 unspecified atom stereocenters. The normalized spacial score (nSPS) is 16.4. The minimum absolute atomic E-state index is 0.0905. The molecule has 0 saturated heterocycles. The molecule has 1 aliphatic heterocycles. The lowest BCUT2D eigenvalue weighted by atomic mass is 10.2. The van der Waals surface area contributed by atoms with Gasteiger partial charge in [-0.25, -0.2) is 0 Å². The quantitative estimate of drug-likeness (QED) is 0.685. The molecule has 2 amide bonds. The van der Waals surface area contributed by atoms with Gasteiger partial charge in [-0.1, -0.05) is 0 Å². The van der Waals surface area contributed by atoms with Crippen molar-refractivity contribution < 1.29 is 14.7 Å². The number of amides is 2. The number of aliphatic imine (C=N–C) groups is 1. The molecule has 20 heavy (non-hydrogen) atoms. The number of rotatable bonds is 1. The lowest BCUT2D eigenvalue weighted by Crippen LogP contribution is -2.23. The summed E-state index contributed by atoms with van der Waals surface area (Å²) < 4.78 is 1.02. The number of phenols is 1. The third-order valence-electron chi connectivity index (χ3n) is 2.24. The van der Waals surface area contributed by atoms with Gasteiger partial charge in [0.05, 0.1) is 13.9 Å². The van der Waals surface area contributed by atoms with Gasteiger partial charge in [0.15, 0.2) is 5.17 Å². The molecule has 1 heterocycles. The number of thioether (sulfide) groups is 1. The van der Waals surface area contributed by atoms with E-state index in [4.69, 9.17) is 0 Å². The Morgan fingerprint density at radius 1 is 1.40 bits per heavy atom. The van der Waals surface area contributed by atoms with Gasteiger partial charge in [0.2, 0.25) is 5.91 Å². The Balaban J connectivity index is 2.26. The fraction of sp³-hybridized carbons (Fsp3) is 0.0833. The smallest absolute Gasteiger partial charge is 0.286 e. The molecular weight excluding hydrogens is 412 g/mol. The molecular formula is C12H8Br2N2O3S. The highest BCUT2D eigenvalue weighted by atomic mass is 79.9. The third-order valence-corrected chi connectivity index (χ3v) is 4.35. The van der Waals surface area contributed by atoms with Crippen LogP contribution in [0.3, 0.4) is 0 Å². The zero-order valence-electron chi connectivity index (χ0n) is 10.1. The number of nitrogens with zero attached hydrogens (tertiary/aromatic N) is 1. The number of nitrogens with one attached hydrogen (secondary N) is 1. The monoisotopic (exact) mass is 418 g/mol. The van der Waals surface area contributed by atoms with Gasteiger partial charge >= 0.3 is 0 Å². The maximum absolute atomic E-state index is 11.7. The summed E-state index contributed by atoms with van der Waals surface area (Å²) >= 11 is 7.53. The lowest BCUT2D eigenvalue weighted by molar-refractivity contribution is -0.117. The van der Waals surface area contributed by atoms with E-state index in [2.05, 4.69) is 42.2 Å². The Morgan fingerprint density at radius 2 is 2.00 bits per heavy atom. The van der Waals surface area contributed by atoms with Crippen LogP contribution in [0.5, 0.6) is 5.75 Å². The average molecular weight is 420 g/mol. The van der Waals surface area contributed by atoms with Gasteiger partial charge in [-0.15, -0.1) is 0 Å². The highest BCUT2D eigenvalue weighted by Crippen LogP contribution is 2.35. The fourth-order valence-corrected chi connectivity index (χ4v) is 3.51. The Bertz CT molecular complexity index is 648. The first-order valence-corrected chi connectivity index (χ1v) is 7.75. The van der Waals surface area contributed by atoms with Crippen LogP contribution >= 0.6 is 43.6 Å². The van der Waals surface area contributed by atoms with Crippen molar-refractivity contribution in [2.75, 3.05) is 0 Å². The Kier molecular flexibility index (Phi) is 4.66. The first-order valence-electron chi connectivity index (χ1n) is 5.35. The van der Waals surface area contributed by atoms with Crippen molar-refractivity contribution in [3.8, 4) is 5.75 Å². The highest BCUT2D eigenvalue weighted by Gasteiger charge is 2.22. The zero-order valence-corrected chi connectivity index (χ0v) is 14.1. The van der Waals surface area contributed by atoms with Gasteiger partial charge in [-0.3, -0.25) is 9.59 Å². The van der Waals surface area contributed by atoms with Gasteiger partial charge in [0, 0.05) is 6.92 Å². The number of benzene rings is 1. The topological polar surface area (TPSA) is 78.8 Å². The molecule has 104 valence electrons. The van der Waals surface area contributed by atoms with Crippen LogP contribution in [0.4, 0.5) is 0 Å². The summed E-state index contributed by atoms with van der Waals surface area (Å²) in [6.45, 7) is 1.35. The van der Waals surface area contributed by atoms with E-state index in [0.29, 0.717) is 13.9 Å². The number of carbonyl (C=O) groups is 2. The summed E-state index contributed by atoms with van der Waals surface area (Å²) in [7, 11) is 0. The molecule has 8 heteroatoms. The standard InChI is InChI=1S/C12H8Br2N2O3S/c1-5(17)15-12-16-11(19)9(20-12)4-6-2-7(13)10(18)8(14)3-6/h2-4,18H,1H3,(H,15,16,17,19)/b9-4+. The van der Waals surface area contributed by atoms with Crippen molar-refractivity contribution in [3.05, 3.63) is 31.5 Å². The molecule has 1 aromatic rings. The fourth-order valence-electron chi connectivity index (χ4n) is 1.43. The number of halogens is 2. The van der Waals surface area contributed by atoms with Crippen molar-refractivity contribution in [1.29, 1.82) is 0 Å². The van der Waals surface area contributed by atoms with E-state index >= 15 is 0 Å². The van der Waals surface area contributed by atoms with E-state index in [0.717, 1.165) is 17.3 Å². The Labute approximate surface area is 135 Å². The summed E-state index contributed by atoms with van der Waals surface area (Å²) in [5.41, 5.74) is 0.719. The largest absolute Gasteiger partial charge is 0.506 e. The molecule has 0 aromatic heterocycles. The van der Waals surface area contributed by atoms with E-state index < -0.39 is 5.91 Å². The van der Waals surface area contributed by atoms with Crippen molar-refractivity contribution in [3.63, 3.8) is 0 Å². The first-order chi connectivity index (χ1) is 9.36. The van der Waals surface area contributed by atoms with Crippen molar-refractivity contribution in [1.82, 2.24) is 5.32 Å². The van der Waals surface area contributed by atoms with E-state index in [1.807, 2.05) is 0 Å². The predicted molar refractivity (Wildman–Crippen MR) is 85.3 cm³/mol. The maximum Gasteiger partial charge on any atom is 0.286 e. The molecule has 2 N–H and O–H groups in total. The van der Waals surface area contributed by atoms with Crippen LogP contribution in [0, 0.1) is 0 Å². The summed E-state index contributed by atoms with van der Waals surface area (Å²) in [6.07, 6.45) is 1.64. The molecule has 0 atom stereocenters. The Hall–Kier alpha value is -1.12. The van der Waals surface area contributed by atoms with E-state index in [1.165, 1.54) is 6.92 Å². The van der Waals surface area contributed by atoms with Crippen LogP contribution in [0.15, 0.2) is 31.0 Å². The summed E-state index contributed by atoms with van der Waals surface area (Å²) in [5.74, 6) is -0.591. The van der Waals surface area contributed by atoms with Crippen LogP contribution in [0.1, 0.15) is 12.5 Å². The van der Waals surface area contributed by atoms with Crippen LogP contribution in [0.25, 0.3) is 6.08 Å². The third kappa shape index (κ3) is 3.50. The van der Waals surface area contributed by atoms with Crippen molar-refractivity contribution in [2.45, 2.75) is 6.92 Å². The molecule has 0 bridgehead atoms. The van der Waals surface area contributed by atoms with Crippen molar-refractivity contribution in [2.24, 2.45) is 4.99 Å². The maximum atomic E-state index is 11.7. The lowest BCUT2D eigenvalue weighted by Gasteiger charge is -2.03. The number of aromatic hydroxyl groups is 1. The minimum atomic E-state index is -0.404. The van der Waals surface area contributed by atoms with Crippen LogP contribution in [-0.4, -0.2) is 22.1 Å². The van der Waals surface area contributed by atoms with Crippen LogP contribution in [-0.2, 0) is 9.59 Å². The molecule has 0 aliphatic carbocycles. The summed E-state index contributed by atoms with van der Waals surface area (Å²) in [4.78, 5) is 26.8. The van der Waals surface area contributed by atoms with E-state index in [9.17, 15) is 14.7 Å². The molecule has 5 nitrogen and oxygen atoms in total. The Morgan fingerprint density at radius 3 is 2.55 bits per heavy atom. The van der Waals surface area contributed by atoms with Gasteiger partial charge in [-0.2, -0.15) is 4.99 Å². The SMILES string of the molecule is CC(=O)NC1=NC(=O)/C(=C\c2cc(Br)c(O)c(Br)c2)S1. The highest BCUT2D eigenvalue weighted by molar-refractivity contribution is 9.11. The number of hydrogen-bond donors (Lipinski definition) is 2. The molecule has 0 saturated carbocycles. The molecule has 0 spiro atoms. The second-order valence-electron chi connectivity index (χ2n) is 3.85. The molecule has 0 fully saturated rings. The zero-order chi connectivity index (χ0) is 14.9. The van der Waals surface area contributed by atoms with Crippen molar-refractivity contribution >= 4 is 66.7 Å². The number of carbonyl (C=O) groups excluding carboxylic acids is 2. The molecule has 1 aromatic carbocycles. The number of amidine groups is 1. The second kappa shape index (κ2) is 6.11. The van der Waals surface area contributed by atoms with E-state index in [-0.39, 0.29) is 16.8 Å². The second-order valence-corrected chi connectivity index (χ2v) is 6.59. The van der Waals surface area contributed by atoms with Crippen LogP contribution < -0.4 is 5.32 Å². The van der Waals surface area contributed by atoms with Crippen LogP contribution in [0.2, 0.25) is 0 Å². The minimum Gasteiger partial charge on any atom is -0.506 e. The first kappa shape index (κ1) is 15.3. The van der Waals surface area contributed by atoms with Gasteiger partial charge in [-0.05, 0) is 67.4 Å². The number of phenolic OH excluding ortho intramolecular Hbond substituents is 1. The van der Waals surface area contributed by atoms with Gasteiger partial charge in [0.1, 0.15) is 5.75 Å². The van der Waals surface area contributed by atoms with Gasteiger partial charge < -0.3 is 10.4 Å². The average Bonchev–Trinajstić information content (AvgIpc) is 2.65. The predicted octanol–water partition coefficient (Wildman–Crippen LogP) is 3.02. The molecule has 1 aliphatic rings. The summed E-state index contributed by atoms with van der Waals surface area (Å²) in [6, 6.07) is 3.36.